The van der Waals surface area contributed by atoms with Crippen molar-refractivity contribution in [2.75, 3.05) is 24.3 Å². The summed E-state index contributed by atoms with van der Waals surface area (Å²) in [7, 11) is 3.92. The number of rotatable bonds is 3. The Hall–Kier alpha value is -2.41. The van der Waals surface area contributed by atoms with E-state index in [9.17, 15) is 4.79 Å². The molecule has 0 saturated carbocycles. The van der Waals surface area contributed by atoms with E-state index in [4.69, 9.17) is 0 Å². The average molecular weight is 315 g/mol. The zero-order chi connectivity index (χ0) is 15.9. The van der Waals surface area contributed by atoms with Crippen LogP contribution in [-0.4, -0.2) is 34.6 Å². The number of benzene rings is 1. The van der Waals surface area contributed by atoms with Gasteiger partial charge < -0.3 is 4.90 Å². The maximum Gasteiger partial charge on any atom is 0.258 e. The lowest BCUT2D eigenvalue weighted by Crippen LogP contribution is -2.14. The quantitative estimate of drug-likeness (QED) is 0.807. The van der Waals surface area contributed by atoms with Crippen LogP contribution in [0.15, 0.2) is 24.3 Å². The first kappa shape index (κ1) is 14.5. The highest BCUT2D eigenvalue weighted by molar-refractivity contribution is 7.17. The number of carbonyl (C=O) groups excluding carboxylic acids is 1. The number of aromatic nitrogens is 3. The smallest absolute Gasteiger partial charge is 0.258 e. The summed E-state index contributed by atoms with van der Waals surface area (Å²) in [6.45, 7) is 4.01. The molecule has 3 rings (SSSR count). The molecule has 7 heteroatoms. The summed E-state index contributed by atoms with van der Waals surface area (Å²) >= 11 is 1.56. The molecule has 1 amide bonds. The van der Waals surface area contributed by atoms with Crippen LogP contribution >= 0.6 is 11.3 Å². The minimum absolute atomic E-state index is 0.210. The topological polar surface area (TPSA) is 62.5 Å². The molecule has 6 nitrogen and oxygen atoms in total. The van der Waals surface area contributed by atoms with Gasteiger partial charge in [0, 0.05) is 30.2 Å². The van der Waals surface area contributed by atoms with Crippen LogP contribution in [0.3, 0.4) is 0 Å². The molecule has 0 aliphatic carbocycles. The van der Waals surface area contributed by atoms with Gasteiger partial charge in [0.2, 0.25) is 4.96 Å². The Labute approximate surface area is 132 Å². The van der Waals surface area contributed by atoms with Crippen LogP contribution in [0.2, 0.25) is 0 Å². The van der Waals surface area contributed by atoms with Crippen LogP contribution in [0, 0.1) is 13.8 Å². The highest BCUT2D eigenvalue weighted by Gasteiger charge is 2.13. The molecule has 0 bridgehead atoms. The largest absolute Gasteiger partial charge is 0.378 e. The second-order valence-electron chi connectivity index (χ2n) is 5.27. The number of aryl methyl sites for hydroxylation is 2. The number of nitrogens with one attached hydrogen (secondary N) is 1. The van der Waals surface area contributed by atoms with Crippen molar-refractivity contribution in [2.24, 2.45) is 0 Å². The molecule has 0 radical (unpaired) electrons. The van der Waals surface area contributed by atoms with Crippen molar-refractivity contribution in [3.63, 3.8) is 0 Å². The van der Waals surface area contributed by atoms with Crippen molar-refractivity contribution in [1.82, 2.24) is 14.6 Å². The second-order valence-corrected chi connectivity index (χ2v) is 6.45. The molecular weight excluding hydrogens is 298 g/mol. The third-order valence-corrected chi connectivity index (χ3v) is 4.57. The van der Waals surface area contributed by atoms with Crippen molar-refractivity contribution in [3.05, 3.63) is 40.4 Å². The Kier molecular flexibility index (Phi) is 3.58. The van der Waals surface area contributed by atoms with Crippen molar-refractivity contribution in [2.45, 2.75) is 13.8 Å². The number of fused-ring (bicyclic) bond motifs is 1. The molecule has 3 aromatic rings. The van der Waals surface area contributed by atoms with Crippen molar-refractivity contribution in [1.29, 1.82) is 0 Å². The van der Waals surface area contributed by atoms with Gasteiger partial charge in [-0.3, -0.25) is 10.1 Å². The summed E-state index contributed by atoms with van der Waals surface area (Å²) in [5.74, 6) is 0.119. The van der Waals surface area contributed by atoms with E-state index in [1.54, 1.807) is 28.0 Å². The predicted molar refractivity (Wildman–Crippen MR) is 89.1 cm³/mol. The van der Waals surface area contributed by atoms with Gasteiger partial charge in [0.05, 0.1) is 5.69 Å². The van der Waals surface area contributed by atoms with Crippen molar-refractivity contribution in [3.8, 4) is 0 Å². The monoisotopic (exact) mass is 315 g/mol. The van der Waals surface area contributed by atoms with E-state index in [0.29, 0.717) is 11.5 Å². The lowest BCUT2D eigenvalue weighted by atomic mass is 10.2. The molecule has 1 aromatic carbocycles. The molecule has 1 N–H and O–H groups in total. The van der Waals surface area contributed by atoms with Gasteiger partial charge in [0.1, 0.15) is 0 Å². The minimum atomic E-state index is -0.210. The van der Waals surface area contributed by atoms with Gasteiger partial charge in [-0.2, -0.15) is 4.98 Å². The molecule has 2 aromatic heterocycles. The van der Waals surface area contributed by atoms with Crippen molar-refractivity contribution >= 4 is 33.8 Å². The predicted octanol–water partition coefficient (Wildman–Crippen LogP) is 2.73. The summed E-state index contributed by atoms with van der Waals surface area (Å²) in [5.41, 5.74) is 2.67. The van der Waals surface area contributed by atoms with E-state index < -0.39 is 0 Å². The van der Waals surface area contributed by atoms with Gasteiger partial charge in [-0.15, -0.1) is 5.10 Å². The molecule has 0 aliphatic rings. The van der Waals surface area contributed by atoms with E-state index in [0.717, 1.165) is 16.3 Å². The number of hydrogen-bond donors (Lipinski definition) is 1. The van der Waals surface area contributed by atoms with E-state index in [-0.39, 0.29) is 5.91 Å². The molecule has 0 unspecified atom stereocenters. The Morgan fingerprint density at radius 3 is 2.50 bits per heavy atom. The normalized spacial score (nSPS) is 10.9. The summed E-state index contributed by atoms with van der Waals surface area (Å²) in [6.07, 6.45) is 0. The zero-order valence-electron chi connectivity index (χ0n) is 12.9. The van der Waals surface area contributed by atoms with Gasteiger partial charge >= 0.3 is 0 Å². The minimum Gasteiger partial charge on any atom is -0.378 e. The maximum absolute atomic E-state index is 12.2. The van der Waals surface area contributed by atoms with Crippen LogP contribution in [0.25, 0.3) is 4.96 Å². The molecule has 0 saturated heterocycles. The zero-order valence-corrected chi connectivity index (χ0v) is 13.7. The number of hydrogen-bond acceptors (Lipinski definition) is 5. The summed E-state index contributed by atoms with van der Waals surface area (Å²) < 4.78 is 1.75. The number of thiazole rings is 1. The first-order chi connectivity index (χ1) is 10.5. The van der Waals surface area contributed by atoms with Crippen LogP contribution in [0.1, 0.15) is 20.9 Å². The molecule has 0 aliphatic heterocycles. The highest BCUT2D eigenvalue weighted by Crippen LogP contribution is 2.21. The van der Waals surface area contributed by atoms with Gasteiger partial charge in [0.25, 0.3) is 11.9 Å². The summed E-state index contributed by atoms with van der Waals surface area (Å²) in [5, 5.41) is 7.06. The van der Waals surface area contributed by atoms with Crippen LogP contribution < -0.4 is 10.2 Å². The third kappa shape index (κ3) is 2.55. The lowest BCUT2D eigenvalue weighted by molar-refractivity contribution is 0.102. The fourth-order valence-corrected chi connectivity index (χ4v) is 2.98. The average Bonchev–Trinajstić information content (AvgIpc) is 2.99. The van der Waals surface area contributed by atoms with Gasteiger partial charge in [-0.05, 0) is 38.1 Å². The van der Waals surface area contributed by atoms with Gasteiger partial charge in [-0.25, -0.2) is 4.52 Å². The third-order valence-electron chi connectivity index (χ3n) is 3.52. The molecule has 0 spiro atoms. The SMILES string of the molecule is Cc1sc2nc(NC(=O)c3ccc(N(C)C)cc3)nn2c1C. The van der Waals surface area contributed by atoms with Gasteiger partial charge in [0.15, 0.2) is 0 Å². The van der Waals surface area contributed by atoms with Crippen LogP contribution in [0.5, 0.6) is 0 Å². The van der Waals surface area contributed by atoms with Crippen LogP contribution in [-0.2, 0) is 0 Å². The Balaban J connectivity index is 1.80. The van der Waals surface area contributed by atoms with Crippen LogP contribution in [0.4, 0.5) is 11.6 Å². The Morgan fingerprint density at radius 2 is 1.91 bits per heavy atom. The van der Waals surface area contributed by atoms with E-state index >= 15 is 0 Å². The first-order valence-corrected chi connectivity index (χ1v) is 7.69. The number of carbonyl (C=O) groups is 1. The standard InChI is InChI=1S/C15H17N5OS/c1-9-10(2)22-15-17-14(18-20(9)15)16-13(21)11-5-7-12(8-6-11)19(3)4/h5-8H,1-4H3,(H,16,18,21). The fourth-order valence-electron chi connectivity index (χ4n) is 2.08. The Bertz CT molecular complexity index is 832. The number of nitrogens with zero attached hydrogens (tertiary/aromatic N) is 4. The fraction of sp³-hybridized carbons (Fsp3) is 0.267. The Morgan fingerprint density at radius 1 is 1.23 bits per heavy atom. The van der Waals surface area contributed by atoms with Crippen molar-refractivity contribution < 1.29 is 4.79 Å². The molecule has 2 heterocycles. The van der Waals surface area contributed by atoms with E-state index in [1.807, 2.05) is 45.0 Å². The maximum atomic E-state index is 12.2. The first-order valence-electron chi connectivity index (χ1n) is 6.87. The molecule has 22 heavy (non-hydrogen) atoms. The lowest BCUT2D eigenvalue weighted by Gasteiger charge is -2.12. The molecular formula is C15H17N5OS. The van der Waals surface area contributed by atoms with E-state index in [2.05, 4.69) is 15.4 Å². The highest BCUT2D eigenvalue weighted by atomic mass is 32.1. The molecule has 0 atom stereocenters. The summed E-state index contributed by atoms with van der Waals surface area (Å²) in [4.78, 5) is 20.5. The molecule has 114 valence electrons. The summed E-state index contributed by atoms with van der Waals surface area (Å²) in [6, 6.07) is 7.39. The van der Waals surface area contributed by atoms with E-state index in [1.165, 1.54) is 4.88 Å². The molecule has 0 fully saturated rings. The second kappa shape index (κ2) is 5.42. The number of amides is 1. The van der Waals surface area contributed by atoms with Gasteiger partial charge in [-0.1, -0.05) is 11.3 Å². The number of anilines is 2.